The predicted molar refractivity (Wildman–Crippen MR) is 107 cm³/mol. The number of aromatic nitrogens is 4. The number of anilines is 1. The molecule has 0 bridgehead atoms. The number of hydrogen-bond donors (Lipinski definition) is 2. The molecule has 1 atom stereocenters. The third-order valence-corrected chi connectivity index (χ3v) is 4.88. The Bertz CT molecular complexity index is 987. The Labute approximate surface area is 168 Å². The van der Waals surface area contributed by atoms with Crippen LogP contribution in [0.3, 0.4) is 0 Å². The van der Waals surface area contributed by atoms with Gasteiger partial charge in [0.25, 0.3) is 0 Å². The molecule has 1 saturated heterocycles. The Kier molecular flexibility index (Phi) is 5.75. The summed E-state index contributed by atoms with van der Waals surface area (Å²) in [7, 11) is 0. The van der Waals surface area contributed by atoms with E-state index in [9.17, 15) is 4.39 Å². The fourth-order valence-corrected chi connectivity index (χ4v) is 3.28. The lowest BCUT2D eigenvalue weighted by molar-refractivity contribution is 0.222. The van der Waals surface area contributed by atoms with Gasteiger partial charge in [-0.15, -0.1) is 5.10 Å². The highest BCUT2D eigenvalue weighted by molar-refractivity contribution is 5.59. The second-order valence-electron chi connectivity index (χ2n) is 7.13. The molecule has 3 heterocycles. The molecular formula is C20H25FN6O2. The zero-order valence-corrected chi connectivity index (χ0v) is 16.4. The Morgan fingerprint density at radius 1 is 1.38 bits per heavy atom. The van der Waals surface area contributed by atoms with Gasteiger partial charge in [-0.3, -0.25) is 0 Å². The highest BCUT2D eigenvalue weighted by Gasteiger charge is 2.18. The quantitative estimate of drug-likeness (QED) is 0.560. The van der Waals surface area contributed by atoms with Crippen molar-refractivity contribution >= 4 is 11.5 Å². The molecule has 0 aliphatic carbocycles. The lowest BCUT2D eigenvalue weighted by Gasteiger charge is -2.13. The summed E-state index contributed by atoms with van der Waals surface area (Å²) in [5, 5.41) is 7.60. The van der Waals surface area contributed by atoms with Crippen molar-refractivity contribution in [2.45, 2.75) is 38.7 Å². The molecule has 1 unspecified atom stereocenters. The number of unbranched alkanes of at least 4 members (excludes halogenated alkanes) is 1. The maximum absolute atomic E-state index is 14.7. The number of imidazole rings is 1. The van der Waals surface area contributed by atoms with Crippen LogP contribution in [0.5, 0.6) is 11.8 Å². The van der Waals surface area contributed by atoms with E-state index in [1.807, 2.05) is 0 Å². The van der Waals surface area contributed by atoms with Gasteiger partial charge in [0, 0.05) is 19.0 Å². The molecule has 8 nitrogen and oxygen atoms in total. The summed E-state index contributed by atoms with van der Waals surface area (Å²) in [5.41, 5.74) is 7.63. The van der Waals surface area contributed by atoms with Crippen LogP contribution in [0.1, 0.15) is 37.4 Å². The van der Waals surface area contributed by atoms with Gasteiger partial charge in [0.1, 0.15) is 17.7 Å². The average molecular weight is 400 g/mol. The smallest absolute Gasteiger partial charge is 0.336 e. The maximum atomic E-state index is 14.7. The number of nitrogens with two attached hydrogens (primary N) is 1. The van der Waals surface area contributed by atoms with Gasteiger partial charge in [-0.2, -0.15) is 4.98 Å². The van der Waals surface area contributed by atoms with E-state index < -0.39 is 0 Å². The normalized spacial score (nSPS) is 16.4. The van der Waals surface area contributed by atoms with Crippen LogP contribution in [-0.2, 0) is 6.42 Å². The molecule has 154 valence electrons. The van der Waals surface area contributed by atoms with Gasteiger partial charge in [0.2, 0.25) is 0 Å². The molecule has 1 aromatic carbocycles. The molecule has 0 radical (unpaired) electrons. The minimum absolute atomic E-state index is 0.0878. The summed E-state index contributed by atoms with van der Waals surface area (Å²) in [4.78, 5) is 8.41. The van der Waals surface area contributed by atoms with E-state index in [4.69, 9.17) is 15.2 Å². The summed E-state index contributed by atoms with van der Waals surface area (Å²) < 4.78 is 27.6. The number of nitrogen functional groups attached to an aromatic ring is 1. The molecule has 29 heavy (non-hydrogen) atoms. The number of hydrogen-bond acceptors (Lipinski definition) is 7. The number of nitrogens with one attached hydrogen (secondary N) is 1. The van der Waals surface area contributed by atoms with Crippen LogP contribution in [0, 0.1) is 5.82 Å². The van der Waals surface area contributed by atoms with Crippen LogP contribution in [0.2, 0.25) is 0 Å². The molecule has 3 N–H and O–H groups in total. The van der Waals surface area contributed by atoms with Crippen molar-refractivity contribution in [1.82, 2.24) is 24.9 Å². The summed E-state index contributed by atoms with van der Waals surface area (Å²) in [6, 6.07) is 5.15. The van der Waals surface area contributed by atoms with E-state index in [0.717, 1.165) is 32.4 Å². The van der Waals surface area contributed by atoms with Crippen LogP contribution in [0.15, 0.2) is 24.4 Å². The molecule has 0 saturated carbocycles. The first-order valence-corrected chi connectivity index (χ1v) is 9.92. The predicted octanol–water partition coefficient (Wildman–Crippen LogP) is 2.36. The van der Waals surface area contributed by atoms with Crippen molar-refractivity contribution in [3.05, 3.63) is 41.5 Å². The minimum atomic E-state index is -0.329. The van der Waals surface area contributed by atoms with E-state index in [1.54, 1.807) is 22.8 Å². The van der Waals surface area contributed by atoms with E-state index in [0.29, 0.717) is 35.7 Å². The lowest BCUT2D eigenvalue weighted by atomic mass is 10.1. The zero-order valence-electron chi connectivity index (χ0n) is 16.4. The van der Waals surface area contributed by atoms with Gasteiger partial charge in [-0.05, 0) is 31.0 Å². The lowest BCUT2D eigenvalue weighted by Crippen LogP contribution is -2.19. The highest BCUT2D eigenvalue weighted by Crippen LogP contribution is 2.23. The van der Waals surface area contributed by atoms with Gasteiger partial charge >= 0.3 is 6.01 Å². The van der Waals surface area contributed by atoms with Crippen molar-refractivity contribution in [2.75, 3.05) is 25.4 Å². The molecule has 0 amide bonds. The third-order valence-electron chi connectivity index (χ3n) is 4.88. The van der Waals surface area contributed by atoms with Gasteiger partial charge in [0.05, 0.1) is 18.5 Å². The highest BCUT2D eigenvalue weighted by atomic mass is 19.1. The second-order valence-corrected chi connectivity index (χ2v) is 7.13. The molecular weight excluding hydrogens is 375 g/mol. The van der Waals surface area contributed by atoms with Gasteiger partial charge in [0.15, 0.2) is 11.5 Å². The van der Waals surface area contributed by atoms with Gasteiger partial charge in [-0.1, -0.05) is 19.4 Å². The van der Waals surface area contributed by atoms with Crippen molar-refractivity contribution in [1.29, 1.82) is 0 Å². The molecule has 3 aromatic rings. The first kappa shape index (κ1) is 19.4. The minimum Gasteiger partial charge on any atom is -0.489 e. The first-order chi connectivity index (χ1) is 14.1. The topological polar surface area (TPSA) is 99.6 Å². The number of benzene rings is 1. The van der Waals surface area contributed by atoms with Crippen LogP contribution >= 0.6 is 0 Å². The zero-order chi connectivity index (χ0) is 20.2. The molecule has 1 fully saturated rings. The third kappa shape index (κ3) is 4.40. The van der Waals surface area contributed by atoms with Crippen molar-refractivity contribution in [2.24, 2.45) is 0 Å². The van der Waals surface area contributed by atoms with Crippen molar-refractivity contribution < 1.29 is 13.9 Å². The summed E-state index contributed by atoms with van der Waals surface area (Å²) in [6.45, 7) is 4.30. The van der Waals surface area contributed by atoms with E-state index in [1.165, 1.54) is 6.07 Å². The molecule has 1 aliphatic heterocycles. The Balaban J connectivity index is 1.53. The van der Waals surface area contributed by atoms with Crippen molar-refractivity contribution in [3.8, 4) is 11.8 Å². The monoisotopic (exact) mass is 400 g/mol. The maximum Gasteiger partial charge on any atom is 0.336 e. The number of nitrogens with zero attached hydrogens (tertiary/aromatic N) is 4. The fraction of sp³-hybridized carbons (Fsp3) is 0.450. The standard InChI is InChI=1S/C20H25FN6O2/c1-2-3-8-28-20-25-18(22)19-24-11-14(27(19)26-20)9-13-4-5-15(10-17(13)21)29-16-6-7-23-12-16/h4-5,10-11,16,23H,2-3,6-9,12H2,1H3,(H2,22,25,26). The molecule has 0 spiro atoms. The number of ether oxygens (including phenoxy) is 2. The van der Waals surface area contributed by atoms with Crippen LogP contribution in [0.25, 0.3) is 5.65 Å². The fourth-order valence-electron chi connectivity index (χ4n) is 3.28. The molecule has 4 rings (SSSR count). The summed E-state index contributed by atoms with van der Waals surface area (Å²) in [5.74, 6) is 0.438. The number of rotatable bonds is 8. The van der Waals surface area contributed by atoms with Crippen LogP contribution in [-0.4, -0.2) is 45.4 Å². The average Bonchev–Trinajstić information content (AvgIpc) is 3.35. The molecule has 9 heteroatoms. The van der Waals surface area contributed by atoms with Crippen LogP contribution in [0.4, 0.5) is 10.2 Å². The SMILES string of the molecule is CCCCOc1nc(N)c2ncc(Cc3ccc(OC4CCNC4)cc3F)n2n1. The number of halogens is 1. The first-order valence-electron chi connectivity index (χ1n) is 9.92. The largest absolute Gasteiger partial charge is 0.489 e. The van der Waals surface area contributed by atoms with E-state index >= 15 is 0 Å². The summed E-state index contributed by atoms with van der Waals surface area (Å²) >= 11 is 0. The van der Waals surface area contributed by atoms with E-state index in [2.05, 4.69) is 27.3 Å². The Morgan fingerprint density at radius 2 is 2.28 bits per heavy atom. The Hall–Kier alpha value is -2.94. The summed E-state index contributed by atoms with van der Waals surface area (Å²) in [6.07, 6.45) is 4.85. The molecule has 1 aliphatic rings. The second kappa shape index (κ2) is 8.60. The number of fused-ring (bicyclic) bond motifs is 1. The van der Waals surface area contributed by atoms with Gasteiger partial charge < -0.3 is 20.5 Å². The van der Waals surface area contributed by atoms with E-state index in [-0.39, 0.29) is 23.7 Å². The molecule has 2 aromatic heterocycles. The van der Waals surface area contributed by atoms with Crippen LogP contribution < -0.4 is 20.5 Å². The van der Waals surface area contributed by atoms with Gasteiger partial charge in [-0.25, -0.2) is 13.9 Å². The van der Waals surface area contributed by atoms with Crippen molar-refractivity contribution in [3.63, 3.8) is 0 Å². The Morgan fingerprint density at radius 3 is 3.03 bits per heavy atom.